The lowest BCUT2D eigenvalue weighted by Gasteiger charge is -2.27. The van der Waals surface area contributed by atoms with E-state index in [1.54, 1.807) is 48.5 Å². The predicted molar refractivity (Wildman–Crippen MR) is 91.6 cm³/mol. The molecular formula is C16H12Cl2N4O. The van der Waals surface area contributed by atoms with Crippen LogP contribution in [-0.4, -0.2) is 22.6 Å². The lowest BCUT2D eigenvalue weighted by atomic mass is 10.2. The average molecular weight is 347 g/mol. The highest BCUT2D eigenvalue weighted by Gasteiger charge is 2.23. The summed E-state index contributed by atoms with van der Waals surface area (Å²) < 4.78 is 0. The van der Waals surface area contributed by atoms with Crippen LogP contribution in [0, 0.1) is 0 Å². The van der Waals surface area contributed by atoms with Crippen LogP contribution in [0.25, 0.3) is 0 Å². The Balaban J connectivity index is 1.99. The van der Waals surface area contributed by atoms with Gasteiger partial charge < -0.3 is 0 Å². The fraction of sp³-hybridized carbons (Fsp3) is 0.0625. The number of carbonyl (C=O) groups excluding carboxylic acids is 1. The van der Waals surface area contributed by atoms with Gasteiger partial charge in [0.25, 0.3) is 0 Å². The summed E-state index contributed by atoms with van der Waals surface area (Å²) in [5.41, 5.74) is 4.49. The van der Waals surface area contributed by atoms with Crippen molar-refractivity contribution in [3.8, 4) is 0 Å². The molecule has 0 bridgehead atoms. The van der Waals surface area contributed by atoms with Gasteiger partial charge in [-0.15, -0.1) is 10.2 Å². The summed E-state index contributed by atoms with van der Waals surface area (Å²) >= 11 is 11.8. The molecule has 116 valence electrons. The van der Waals surface area contributed by atoms with Gasteiger partial charge in [0.2, 0.25) is 5.91 Å². The Labute approximate surface area is 143 Å². The van der Waals surface area contributed by atoms with E-state index in [0.717, 1.165) is 11.1 Å². The molecule has 1 aliphatic heterocycles. The Bertz CT molecular complexity index is 798. The Morgan fingerprint density at radius 1 is 0.913 bits per heavy atom. The molecule has 23 heavy (non-hydrogen) atoms. The maximum Gasteiger partial charge on any atom is 0.244 e. The van der Waals surface area contributed by atoms with E-state index in [9.17, 15) is 4.79 Å². The fourth-order valence-electron chi connectivity index (χ4n) is 2.07. The normalized spacial score (nSPS) is 14.0. The largest absolute Gasteiger partial charge is 0.273 e. The second kappa shape index (κ2) is 6.40. The van der Waals surface area contributed by atoms with Crippen molar-refractivity contribution in [3.05, 3.63) is 69.7 Å². The number of benzene rings is 2. The van der Waals surface area contributed by atoms with E-state index in [0.29, 0.717) is 21.7 Å². The van der Waals surface area contributed by atoms with Gasteiger partial charge in [-0.1, -0.05) is 23.2 Å². The van der Waals surface area contributed by atoms with Gasteiger partial charge in [-0.25, -0.2) is 5.01 Å². The molecule has 0 aliphatic carbocycles. The van der Waals surface area contributed by atoms with Gasteiger partial charge in [0, 0.05) is 28.1 Å². The van der Waals surface area contributed by atoms with E-state index in [4.69, 9.17) is 23.2 Å². The molecule has 1 N–H and O–H groups in total. The summed E-state index contributed by atoms with van der Waals surface area (Å²) in [5, 5.41) is 10.9. The monoisotopic (exact) mass is 346 g/mol. The molecular weight excluding hydrogens is 335 g/mol. The van der Waals surface area contributed by atoms with Gasteiger partial charge in [-0.2, -0.15) is 0 Å². The summed E-state index contributed by atoms with van der Waals surface area (Å²) in [6, 6.07) is 14.1. The summed E-state index contributed by atoms with van der Waals surface area (Å²) in [6.45, 7) is 1.45. The standard InChI is InChI=1S/C16H12Cl2N4O/c1-10(23)22-16(12-4-8-14(18)9-5-12)20-19-15(21-22)11-2-6-13(17)7-3-11/h2-9H,1H3,(H,19,21). The van der Waals surface area contributed by atoms with Crippen LogP contribution in [-0.2, 0) is 4.79 Å². The molecule has 0 unspecified atom stereocenters. The van der Waals surface area contributed by atoms with Crippen molar-refractivity contribution in [3.63, 3.8) is 0 Å². The van der Waals surface area contributed by atoms with Crippen LogP contribution in [0.1, 0.15) is 18.1 Å². The van der Waals surface area contributed by atoms with Crippen molar-refractivity contribution in [2.45, 2.75) is 6.92 Å². The molecule has 3 rings (SSSR count). The Hall–Kier alpha value is -2.37. The smallest absolute Gasteiger partial charge is 0.244 e. The minimum absolute atomic E-state index is 0.208. The highest BCUT2D eigenvalue weighted by molar-refractivity contribution is 6.31. The lowest BCUT2D eigenvalue weighted by Crippen LogP contribution is -2.51. The van der Waals surface area contributed by atoms with Gasteiger partial charge in [-0.05, 0) is 48.5 Å². The fourth-order valence-corrected chi connectivity index (χ4v) is 2.32. The first kappa shape index (κ1) is 15.5. The van der Waals surface area contributed by atoms with Crippen LogP contribution >= 0.6 is 23.2 Å². The molecule has 0 saturated heterocycles. The molecule has 0 fully saturated rings. The first-order valence-electron chi connectivity index (χ1n) is 6.79. The Morgan fingerprint density at radius 3 is 1.96 bits per heavy atom. The predicted octanol–water partition coefficient (Wildman–Crippen LogP) is 3.47. The number of rotatable bonds is 2. The quantitative estimate of drug-likeness (QED) is 0.904. The molecule has 2 aromatic rings. The third-order valence-corrected chi connectivity index (χ3v) is 3.71. The van der Waals surface area contributed by atoms with Gasteiger partial charge in [-0.3, -0.25) is 10.2 Å². The second-order valence-corrected chi connectivity index (χ2v) is 5.73. The number of nitrogens with zero attached hydrogens (tertiary/aromatic N) is 3. The number of hydrogen-bond acceptors (Lipinski definition) is 4. The van der Waals surface area contributed by atoms with E-state index >= 15 is 0 Å². The van der Waals surface area contributed by atoms with E-state index in [-0.39, 0.29) is 5.91 Å². The zero-order valence-corrected chi connectivity index (χ0v) is 13.6. The minimum atomic E-state index is -0.208. The number of hydrazine groups is 1. The first-order valence-corrected chi connectivity index (χ1v) is 7.55. The highest BCUT2D eigenvalue weighted by atomic mass is 35.5. The maximum atomic E-state index is 12.0. The minimum Gasteiger partial charge on any atom is -0.273 e. The van der Waals surface area contributed by atoms with Crippen molar-refractivity contribution in [2.75, 3.05) is 0 Å². The van der Waals surface area contributed by atoms with Crippen molar-refractivity contribution in [2.24, 2.45) is 10.2 Å². The summed E-state index contributed by atoms with van der Waals surface area (Å²) in [6.07, 6.45) is 0. The highest BCUT2D eigenvalue weighted by Crippen LogP contribution is 2.16. The molecule has 7 heteroatoms. The molecule has 0 spiro atoms. The molecule has 5 nitrogen and oxygen atoms in total. The van der Waals surface area contributed by atoms with Gasteiger partial charge in [0.05, 0.1) is 0 Å². The van der Waals surface area contributed by atoms with E-state index in [2.05, 4.69) is 15.6 Å². The van der Waals surface area contributed by atoms with Gasteiger partial charge in [0.15, 0.2) is 11.7 Å². The number of hydrogen-bond donors (Lipinski definition) is 1. The summed E-state index contributed by atoms with van der Waals surface area (Å²) in [4.78, 5) is 12.0. The molecule has 0 atom stereocenters. The molecule has 1 aliphatic rings. The number of nitrogens with one attached hydrogen (secondary N) is 1. The van der Waals surface area contributed by atoms with Crippen LogP contribution in [0.15, 0.2) is 58.7 Å². The van der Waals surface area contributed by atoms with Crippen molar-refractivity contribution in [1.82, 2.24) is 10.4 Å². The van der Waals surface area contributed by atoms with Gasteiger partial charge >= 0.3 is 0 Å². The third kappa shape index (κ3) is 3.36. The summed E-state index contributed by atoms with van der Waals surface area (Å²) in [7, 11) is 0. The van der Waals surface area contributed by atoms with Gasteiger partial charge in [0.1, 0.15) is 0 Å². The Morgan fingerprint density at radius 2 is 1.43 bits per heavy atom. The second-order valence-electron chi connectivity index (χ2n) is 4.85. The molecule has 2 aromatic carbocycles. The van der Waals surface area contributed by atoms with E-state index in [1.165, 1.54) is 11.9 Å². The van der Waals surface area contributed by atoms with Crippen LogP contribution in [0.5, 0.6) is 0 Å². The number of carbonyl (C=O) groups is 1. The first-order chi connectivity index (χ1) is 11.0. The number of halogens is 2. The summed E-state index contributed by atoms with van der Waals surface area (Å²) in [5.74, 6) is 0.668. The van der Waals surface area contributed by atoms with Crippen molar-refractivity contribution < 1.29 is 4.79 Å². The topological polar surface area (TPSA) is 57.1 Å². The van der Waals surface area contributed by atoms with E-state index < -0.39 is 0 Å². The number of amides is 1. The third-order valence-electron chi connectivity index (χ3n) is 3.21. The van der Waals surface area contributed by atoms with Crippen molar-refractivity contribution >= 4 is 40.8 Å². The average Bonchev–Trinajstić information content (AvgIpc) is 2.56. The van der Waals surface area contributed by atoms with Crippen LogP contribution in [0.4, 0.5) is 0 Å². The maximum absolute atomic E-state index is 12.0. The molecule has 1 heterocycles. The zero-order valence-electron chi connectivity index (χ0n) is 12.1. The lowest BCUT2D eigenvalue weighted by molar-refractivity contribution is -0.126. The zero-order chi connectivity index (χ0) is 16.4. The van der Waals surface area contributed by atoms with Crippen molar-refractivity contribution in [1.29, 1.82) is 0 Å². The Kier molecular flexibility index (Phi) is 4.32. The molecule has 0 saturated carbocycles. The molecule has 0 aromatic heterocycles. The van der Waals surface area contributed by atoms with Crippen LogP contribution in [0.3, 0.4) is 0 Å². The number of amidine groups is 2. The van der Waals surface area contributed by atoms with Crippen LogP contribution in [0.2, 0.25) is 10.0 Å². The molecule has 1 amide bonds. The SMILES string of the molecule is CC(=O)N1NC(c2ccc(Cl)cc2)=NN=C1c1ccc(Cl)cc1. The molecule has 0 radical (unpaired) electrons. The van der Waals surface area contributed by atoms with E-state index in [1.807, 2.05) is 0 Å². The van der Waals surface area contributed by atoms with Crippen LogP contribution < -0.4 is 5.43 Å².